The lowest BCUT2D eigenvalue weighted by Gasteiger charge is -2.10. The lowest BCUT2D eigenvalue weighted by atomic mass is 10.2. The second-order valence-corrected chi connectivity index (χ2v) is 8.27. The van der Waals surface area contributed by atoms with E-state index in [1.807, 2.05) is 25.5 Å². The summed E-state index contributed by atoms with van der Waals surface area (Å²) in [6, 6.07) is 2.88. The van der Waals surface area contributed by atoms with Gasteiger partial charge in [-0.05, 0) is 36.8 Å². The van der Waals surface area contributed by atoms with E-state index in [0.29, 0.717) is 6.04 Å². The zero-order valence-corrected chi connectivity index (χ0v) is 16.6. The van der Waals surface area contributed by atoms with Gasteiger partial charge in [-0.1, -0.05) is 12.8 Å². The second kappa shape index (κ2) is 7.37. The highest BCUT2D eigenvalue weighted by Crippen LogP contribution is 2.29. The van der Waals surface area contributed by atoms with Crippen molar-refractivity contribution in [3.05, 3.63) is 47.5 Å². The number of hydrogen-bond acceptors (Lipinski definition) is 6. The summed E-state index contributed by atoms with van der Waals surface area (Å²) in [5, 5.41) is 17.3. The van der Waals surface area contributed by atoms with Crippen LogP contribution in [-0.2, 0) is 6.54 Å². The molecule has 0 radical (unpaired) electrons. The zero-order valence-electron chi connectivity index (χ0n) is 15.8. The molecule has 4 aromatic rings. The molecular weight excluding hydrogens is 370 g/mol. The number of H-pyrrole nitrogens is 1. The maximum Gasteiger partial charge on any atom is 0.180 e. The van der Waals surface area contributed by atoms with Crippen LogP contribution >= 0.6 is 11.3 Å². The quantitative estimate of drug-likeness (QED) is 0.456. The number of aromatic amines is 1. The normalized spacial score (nSPS) is 14.9. The monoisotopic (exact) mass is 393 g/mol. The zero-order chi connectivity index (χ0) is 18.9. The fourth-order valence-corrected chi connectivity index (χ4v) is 4.64. The van der Waals surface area contributed by atoms with Gasteiger partial charge in [0, 0.05) is 30.5 Å². The molecule has 28 heavy (non-hydrogen) atoms. The molecule has 0 spiro atoms. The predicted molar refractivity (Wildman–Crippen MR) is 112 cm³/mol. The van der Waals surface area contributed by atoms with Crippen molar-refractivity contribution in [2.24, 2.45) is 0 Å². The van der Waals surface area contributed by atoms with E-state index >= 15 is 0 Å². The predicted octanol–water partition coefficient (Wildman–Crippen LogP) is 4.27. The third-order valence-corrected chi connectivity index (χ3v) is 6.15. The van der Waals surface area contributed by atoms with Gasteiger partial charge >= 0.3 is 0 Å². The summed E-state index contributed by atoms with van der Waals surface area (Å²) >= 11 is 1.70. The number of hydrogen-bond donors (Lipinski definition) is 3. The summed E-state index contributed by atoms with van der Waals surface area (Å²) in [6.45, 7) is 2.92. The molecule has 0 bridgehead atoms. The van der Waals surface area contributed by atoms with Gasteiger partial charge in [-0.2, -0.15) is 5.10 Å². The van der Waals surface area contributed by atoms with E-state index in [4.69, 9.17) is 0 Å². The summed E-state index contributed by atoms with van der Waals surface area (Å²) in [5.41, 5.74) is 5.04. The van der Waals surface area contributed by atoms with Gasteiger partial charge in [-0.3, -0.25) is 9.50 Å². The molecule has 7 nitrogen and oxygen atoms in total. The van der Waals surface area contributed by atoms with Crippen LogP contribution in [0.25, 0.3) is 16.9 Å². The van der Waals surface area contributed by atoms with Crippen molar-refractivity contribution in [3.63, 3.8) is 0 Å². The van der Waals surface area contributed by atoms with E-state index in [2.05, 4.69) is 46.6 Å². The molecule has 1 saturated carbocycles. The Morgan fingerprint density at radius 2 is 2.18 bits per heavy atom. The number of anilines is 2. The summed E-state index contributed by atoms with van der Waals surface area (Å²) in [5.74, 6) is 0.770. The van der Waals surface area contributed by atoms with E-state index in [1.165, 1.54) is 31.2 Å². The van der Waals surface area contributed by atoms with E-state index in [0.717, 1.165) is 40.0 Å². The largest absolute Gasteiger partial charge is 0.329 e. The van der Waals surface area contributed by atoms with Crippen molar-refractivity contribution in [3.8, 4) is 11.3 Å². The molecule has 1 fully saturated rings. The van der Waals surface area contributed by atoms with Gasteiger partial charge in [0.25, 0.3) is 0 Å². The molecule has 4 aromatic heterocycles. The standard InChI is InChI=1S/C20H23N7S/c1-13-11-27-17(15-8-23-24-9-15)10-22-20(27)19(25-13)26-18-6-14(12-28-18)7-21-16-4-2-3-5-16/h6,8-12,16,21H,2-5,7H2,1H3,(H,23,24)(H,25,26). The first-order valence-corrected chi connectivity index (χ1v) is 10.6. The molecule has 5 rings (SSSR count). The minimum atomic E-state index is 0.681. The molecule has 0 unspecified atom stereocenters. The number of rotatable bonds is 6. The van der Waals surface area contributed by atoms with Crippen molar-refractivity contribution in [2.75, 3.05) is 5.32 Å². The molecule has 0 amide bonds. The third-order valence-electron chi connectivity index (χ3n) is 5.25. The van der Waals surface area contributed by atoms with Gasteiger partial charge in [0.15, 0.2) is 11.5 Å². The molecule has 1 aliphatic rings. The van der Waals surface area contributed by atoms with Crippen molar-refractivity contribution in [1.29, 1.82) is 0 Å². The second-order valence-electron chi connectivity index (χ2n) is 7.36. The van der Waals surface area contributed by atoms with Gasteiger partial charge < -0.3 is 10.6 Å². The third kappa shape index (κ3) is 3.41. The number of fused-ring (bicyclic) bond motifs is 1. The van der Waals surface area contributed by atoms with E-state index in [9.17, 15) is 0 Å². The lowest BCUT2D eigenvalue weighted by molar-refractivity contribution is 0.525. The van der Waals surface area contributed by atoms with Crippen molar-refractivity contribution in [2.45, 2.75) is 45.2 Å². The van der Waals surface area contributed by atoms with Gasteiger partial charge in [0.05, 0.1) is 28.8 Å². The molecule has 8 heteroatoms. The first kappa shape index (κ1) is 17.4. The summed E-state index contributed by atoms with van der Waals surface area (Å²) in [4.78, 5) is 9.28. The highest BCUT2D eigenvalue weighted by atomic mass is 32.1. The molecule has 0 aliphatic heterocycles. The van der Waals surface area contributed by atoms with E-state index < -0.39 is 0 Å². The average molecular weight is 394 g/mol. The highest BCUT2D eigenvalue weighted by molar-refractivity contribution is 7.14. The average Bonchev–Trinajstić information content (AvgIpc) is 3.46. The van der Waals surface area contributed by atoms with Crippen LogP contribution in [-0.4, -0.2) is 30.6 Å². The van der Waals surface area contributed by atoms with Crippen LogP contribution in [0.3, 0.4) is 0 Å². The Morgan fingerprint density at radius 3 is 3.00 bits per heavy atom. The Kier molecular flexibility index (Phi) is 4.58. The van der Waals surface area contributed by atoms with Crippen LogP contribution in [0.5, 0.6) is 0 Å². The van der Waals surface area contributed by atoms with Crippen LogP contribution in [0.4, 0.5) is 10.8 Å². The van der Waals surface area contributed by atoms with Crippen LogP contribution in [0.15, 0.2) is 36.2 Å². The van der Waals surface area contributed by atoms with Crippen molar-refractivity contribution < 1.29 is 0 Å². The Morgan fingerprint density at radius 1 is 1.29 bits per heavy atom. The molecule has 1 aliphatic carbocycles. The van der Waals surface area contributed by atoms with Crippen LogP contribution in [0, 0.1) is 6.92 Å². The Balaban J connectivity index is 1.38. The molecule has 4 heterocycles. The minimum Gasteiger partial charge on any atom is -0.329 e. The number of imidazole rings is 1. The molecule has 0 saturated heterocycles. The Hall–Kier alpha value is -2.71. The molecule has 0 aromatic carbocycles. The first-order chi connectivity index (χ1) is 13.8. The first-order valence-electron chi connectivity index (χ1n) is 9.68. The SMILES string of the molecule is Cc1cn2c(-c3cn[nH]c3)cnc2c(Nc2cc(CNC3CCCC3)cs2)n1. The summed E-state index contributed by atoms with van der Waals surface area (Å²) < 4.78 is 2.06. The van der Waals surface area contributed by atoms with E-state index in [1.54, 1.807) is 17.5 Å². The van der Waals surface area contributed by atoms with Gasteiger partial charge in [0.2, 0.25) is 0 Å². The fraction of sp³-hybridized carbons (Fsp3) is 0.350. The van der Waals surface area contributed by atoms with Crippen LogP contribution in [0.1, 0.15) is 36.9 Å². The summed E-state index contributed by atoms with van der Waals surface area (Å²) in [6.07, 6.45) is 12.9. The number of nitrogens with zero attached hydrogens (tertiary/aromatic N) is 4. The minimum absolute atomic E-state index is 0.681. The van der Waals surface area contributed by atoms with Crippen molar-refractivity contribution >= 4 is 27.8 Å². The van der Waals surface area contributed by atoms with E-state index in [-0.39, 0.29) is 0 Å². The fourth-order valence-electron chi connectivity index (χ4n) is 3.84. The molecule has 144 valence electrons. The number of thiophene rings is 1. The van der Waals surface area contributed by atoms with Crippen LogP contribution in [0.2, 0.25) is 0 Å². The smallest absolute Gasteiger partial charge is 0.180 e. The van der Waals surface area contributed by atoms with Crippen LogP contribution < -0.4 is 10.6 Å². The van der Waals surface area contributed by atoms with Crippen molar-refractivity contribution in [1.82, 2.24) is 29.9 Å². The Bertz CT molecular complexity index is 1070. The number of aromatic nitrogens is 5. The van der Waals surface area contributed by atoms with Gasteiger partial charge in [0.1, 0.15) is 0 Å². The van der Waals surface area contributed by atoms with Gasteiger partial charge in [-0.15, -0.1) is 11.3 Å². The molecule has 3 N–H and O–H groups in total. The lowest BCUT2D eigenvalue weighted by Crippen LogP contribution is -2.24. The number of aryl methyl sites for hydroxylation is 1. The number of nitrogens with one attached hydrogen (secondary N) is 3. The Labute approximate surface area is 167 Å². The molecular formula is C20H23N7S. The summed E-state index contributed by atoms with van der Waals surface area (Å²) in [7, 11) is 0. The topological polar surface area (TPSA) is 82.9 Å². The molecule has 0 atom stereocenters. The van der Waals surface area contributed by atoms with Gasteiger partial charge in [-0.25, -0.2) is 9.97 Å². The maximum absolute atomic E-state index is 4.68. The maximum atomic E-state index is 4.68. The highest BCUT2D eigenvalue weighted by Gasteiger charge is 2.15.